The zero-order valence-corrected chi connectivity index (χ0v) is 15.7. The van der Waals surface area contributed by atoms with Crippen molar-refractivity contribution in [1.29, 1.82) is 0 Å². The molecule has 4 rings (SSSR count). The summed E-state index contributed by atoms with van der Waals surface area (Å²) >= 11 is 7.52. The van der Waals surface area contributed by atoms with Crippen molar-refractivity contribution in [1.82, 2.24) is 4.98 Å². The number of hydrogen-bond acceptors (Lipinski definition) is 5. The molecule has 0 radical (unpaired) electrons. The van der Waals surface area contributed by atoms with Crippen LogP contribution >= 0.6 is 22.9 Å². The molecule has 0 atom stereocenters. The van der Waals surface area contributed by atoms with Gasteiger partial charge in [0.1, 0.15) is 17.3 Å². The van der Waals surface area contributed by atoms with E-state index in [0.29, 0.717) is 5.02 Å². The molecule has 0 aliphatic carbocycles. The van der Waals surface area contributed by atoms with Gasteiger partial charge in [0.05, 0.1) is 5.69 Å². The van der Waals surface area contributed by atoms with Crippen LogP contribution in [0.25, 0.3) is 11.3 Å². The Morgan fingerprint density at radius 1 is 1.04 bits per heavy atom. The monoisotopic (exact) mass is 383 g/mol. The summed E-state index contributed by atoms with van der Waals surface area (Å²) in [6, 6.07) is 15.2. The molecule has 1 N–H and O–H groups in total. The van der Waals surface area contributed by atoms with Crippen LogP contribution in [-0.2, 0) is 0 Å². The lowest BCUT2D eigenvalue weighted by Crippen LogP contribution is -2.15. The number of hydrogen-bond donors (Lipinski definition) is 1. The SMILES string of the molecule is Clc1ccc(Oc2ccccc2-c2csc(NC3=NCCCC3)n2)cc1. The third kappa shape index (κ3) is 4.06. The fourth-order valence-corrected chi connectivity index (χ4v) is 3.63. The maximum Gasteiger partial charge on any atom is 0.188 e. The number of rotatable bonds is 4. The number of halogens is 1. The maximum atomic E-state index is 6.04. The first-order valence-electron chi connectivity index (χ1n) is 8.57. The predicted molar refractivity (Wildman–Crippen MR) is 109 cm³/mol. The van der Waals surface area contributed by atoms with Crippen molar-refractivity contribution in [2.75, 3.05) is 11.9 Å². The van der Waals surface area contributed by atoms with E-state index in [0.717, 1.165) is 46.7 Å². The van der Waals surface area contributed by atoms with E-state index in [2.05, 4.69) is 10.3 Å². The Labute approximate surface area is 161 Å². The highest BCUT2D eigenvalue weighted by atomic mass is 35.5. The van der Waals surface area contributed by atoms with E-state index in [9.17, 15) is 0 Å². The molecule has 0 saturated heterocycles. The van der Waals surface area contributed by atoms with Crippen LogP contribution in [0.3, 0.4) is 0 Å². The van der Waals surface area contributed by atoms with E-state index in [4.69, 9.17) is 21.3 Å². The average molecular weight is 384 g/mol. The van der Waals surface area contributed by atoms with Crippen molar-refractivity contribution in [3.05, 3.63) is 58.9 Å². The Hall–Kier alpha value is -2.37. The summed E-state index contributed by atoms with van der Waals surface area (Å²) in [5.74, 6) is 2.54. The second kappa shape index (κ2) is 7.89. The van der Waals surface area contributed by atoms with Gasteiger partial charge in [0.25, 0.3) is 0 Å². The summed E-state index contributed by atoms with van der Waals surface area (Å²) in [5.41, 5.74) is 1.84. The van der Waals surface area contributed by atoms with Gasteiger partial charge in [0.15, 0.2) is 5.13 Å². The molecule has 0 spiro atoms. The number of anilines is 1. The van der Waals surface area contributed by atoms with E-state index in [-0.39, 0.29) is 0 Å². The van der Waals surface area contributed by atoms with Crippen molar-refractivity contribution in [2.45, 2.75) is 19.3 Å². The fourth-order valence-electron chi connectivity index (χ4n) is 2.77. The highest BCUT2D eigenvalue weighted by Crippen LogP contribution is 2.35. The molecular formula is C20H18ClN3OS. The molecule has 132 valence electrons. The van der Waals surface area contributed by atoms with Gasteiger partial charge < -0.3 is 10.1 Å². The number of thiazole rings is 1. The zero-order valence-electron chi connectivity index (χ0n) is 14.1. The van der Waals surface area contributed by atoms with Crippen molar-refractivity contribution >= 4 is 33.9 Å². The van der Waals surface area contributed by atoms with E-state index in [1.807, 2.05) is 53.9 Å². The number of ether oxygens (including phenoxy) is 1. The molecular weight excluding hydrogens is 366 g/mol. The number of nitrogens with zero attached hydrogens (tertiary/aromatic N) is 2. The highest BCUT2D eigenvalue weighted by molar-refractivity contribution is 7.14. The number of para-hydroxylation sites is 1. The number of benzene rings is 2. The van der Waals surface area contributed by atoms with Crippen LogP contribution in [-0.4, -0.2) is 17.4 Å². The molecule has 0 fully saturated rings. The van der Waals surface area contributed by atoms with Crippen LogP contribution in [0.4, 0.5) is 5.13 Å². The Balaban J connectivity index is 1.56. The molecule has 2 heterocycles. The second-order valence-corrected chi connectivity index (χ2v) is 7.30. The van der Waals surface area contributed by atoms with Crippen LogP contribution in [0.15, 0.2) is 58.9 Å². The molecule has 0 amide bonds. The molecule has 0 unspecified atom stereocenters. The minimum atomic E-state index is 0.687. The first-order valence-corrected chi connectivity index (χ1v) is 9.82. The number of aromatic nitrogens is 1. The van der Waals surface area contributed by atoms with E-state index in [1.54, 1.807) is 11.3 Å². The number of nitrogens with one attached hydrogen (secondary N) is 1. The summed E-state index contributed by atoms with van der Waals surface area (Å²) in [4.78, 5) is 9.24. The lowest BCUT2D eigenvalue weighted by atomic mass is 10.1. The van der Waals surface area contributed by atoms with Crippen molar-refractivity contribution in [2.24, 2.45) is 4.99 Å². The van der Waals surface area contributed by atoms with Gasteiger partial charge in [-0.05, 0) is 49.2 Å². The molecule has 1 aromatic heterocycles. The number of amidine groups is 1. The minimum Gasteiger partial charge on any atom is -0.457 e. The normalized spacial score (nSPS) is 14.0. The molecule has 0 bridgehead atoms. The van der Waals surface area contributed by atoms with Gasteiger partial charge in [-0.1, -0.05) is 23.7 Å². The Morgan fingerprint density at radius 3 is 2.69 bits per heavy atom. The third-order valence-corrected chi connectivity index (χ3v) is 5.09. The van der Waals surface area contributed by atoms with Gasteiger partial charge in [-0.15, -0.1) is 11.3 Å². The predicted octanol–water partition coefficient (Wildman–Crippen LogP) is 6.25. The number of aliphatic imine (C=N–C) groups is 1. The second-order valence-electron chi connectivity index (χ2n) is 6.00. The van der Waals surface area contributed by atoms with Gasteiger partial charge in [-0.2, -0.15) is 0 Å². The van der Waals surface area contributed by atoms with E-state index in [1.165, 1.54) is 12.8 Å². The van der Waals surface area contributed by atoms with Crippen LogP contribution in [0, 0.1) is 0 Å². The Kier molecular flexibility index (Phi) is 5.18. The van der Waals surface area contributed by atoms with Crippen molar-refractivity contribution in [3.63, 3.8) is 0 Å². The Morgan fingerprint density at radius 2 is 1.88 bits per heavy atom. The topological polar surface area (TPSA) is 46.5 Å². The Bertz CT molecular complexity index is 921. The van der Waals surface area contributed by atoms with Gasteiger partial charge in [-0.25, -0.2) is 4.98 Å². The third-order valence-electron chi connectivity index (χ3n) is 4.08. The van der Waals surface area contributed by atoms with Gasteiger partial charge in [0.2, 0.25) is 0 Å². The first-order chi connectivity index (χ1) is 12.8. The maximum absolute atomic E-state index is 6.04. The average Bonchev–Trinajstić information content (AvgIpc) is 3.13. The highest BCUT2D eigenvalue weighted by Gasteiger charge is 2.13. The lowest BCUT2D eigenvalue weighted by molar-refractivity contribution is 0.484. The first kappa shape index (κ1) is 17.1. The van der Waals surface area contributed by atoms with Crippen LogP contribution < -0.4 is 10.1 Å². The standard InChI is InChI=1S/C20H18ClN3OS/c21-14-8-10-15(11-9-14)25-18-6-2-1-5-16(18)17-13-26-20(23-17)24-19-7-3-4-12-22-19/h1-2,5-6,8-11,13H,3-4,7,12H2,(H,22,23,24). The molecule has 26 heavy (non-hydrogen) atoms. The largest absolute Gasteiger partial charge is 0.457 e. The van der Waals surface area contributed by atoms with Crippen molar-refractivity contribution < 1.29 is 4.74 Å². The molecule has 0 saturated carbocycles. The van der Waals surface area contributed by atoms with Crippen LogP contribution in [0.2, 0.25) is 5.02 Å². The van der Waals surface area contributed by atoms with Gasteiger partial charge >= 0.3 is 0 Å². The van der Waals surface area contributed by atoms with Gasteiger partial charge in [-0.3, -0.25) is 4.99 Å². The molecule has 6 heteroatoms. The van der Waals surface area contributed by atoms with Crippen molar-refractivity contribution in [3.8, 4) is 22.8 Å². The smallest absolute Gasteiger partial charge is 0.188 e. The molecule has 1 aliphatic rings. The van der Waals surface area contributed by atoms with Crippen LogP contribution in [0.1, 0.15) is 19.3 Å². The summed E-state index contributed by atoms with van der Waals surface area (Å²) in [7, 11) is 0. The minimum absolute atomic E-state index is 0.687. The molecule has 4 nitrogen and oxygen atoms in total. The molecule has 3 aromatic rings. The fraction of sp³-hybridized carbons (Fsp3) is 0.200. The van der Waals surface area contributed by atoms with E-state index < -0.39 is 0 Å². The summed E-state index contributed by atoms with van der Waals surface area (Å²) < 4.78 is 6.04. The lowest BCUT2D eigenvalue weighted by Gasteiger charge is -2.12. The zero-order chi connectivity index (χ0) is 17.8. The van der Waals surface area contributed by atoms with E-state index >= 15 is 0 Å². The molecule has 1 aliphatic heterocycles. The summed E-state index contributed by atoms with van der Waals surface area (Å²) in [5, 5.41) is 6.94. The summed E-state index contributed by atoms with van der Waals surface area (Å²) in [6.45, 7) is 0.901. The van der Waals surface area contributed by atoms with Crippen LogP contribution in [0.5, 0.6) is 11.5 Å². The molecule has 2 aromatic carbocycles. The van der Waals surface area contributed by atoms with Gasteiger partial charge in [0, 0.05) is 28.9 Å². The quantitative estimate of drug-likeness (QED) is 0.579. The summed E-state index contributed by atoms with van der Waals surface area (Å²) in [6.07, 6.45) is 3.34.